The van der Waals surface area contributed by atoms with Gasteiger partial charge >= 0.3 is 0 Å². The number of rotatable bonds is 6. The van der Waals surface area contributed by atoms with Gasteiger partial charge in [0.1, 0.15) is 5.69 Å². The molecule has 1 heterocycles. The number of Topliss-reactive ketones (excluding diaryl/α,β-unsaturated/α-hetero) is 1. The molecule has 1 aromatic heterocycles. The van der Waals surface area contributed by atoms with Crippen molar-refractivity contribution in [3.05, 3.63) is 16.4 Å². The fraction of sp³-hybridized carbons (Fsp3) is 0.636. The molecule has 1 unspecified atom stereocenters. The Morgan fingerprint density at radius 2 is 2.38 bits per heavy atom. The predicted molar refractivity (Wildman–Crippen MR) is 65.6 cm³/mol. The van der Waals surface area contributed by atoms with Crippen LogP contribution in [-0.2, 0) is 11.3 Å². The van der Waals surface area contributed by atoms with E-state index < -0.39 is 0 Å². The van der Waals surface area contributed by atoms with Crippen LogP contribution < -0.4 is 0 Å². The van der Waals surface area contributed by atoms with Crippen LogP contribution in [0.2, 0.25) is 0 Å². The van der Waals surface area contributed by atoms with Crippen molar-refractivity contribution in [2.24, 2.45) is 5.92 Å². The summed E-state index contributed by atoms with van der Waals surface area (Å²) >= 11 is 3.36. The molecule has 0 aliphatic heterocycles. The minimum absolute atomic E-state index is 0.0225. The summed E-state index contributed by atoms with van der Waals surface area (Å²) in [5.41, 5.74) is 0.645. The van der Waals surface area contributed by atoms with Gasteiger partial charge in [-0.05, 0) is 22.4 Å². The van der Waals surface area contributed by atoms with Crippen LogP contribution in [0.3, 0.4) is 0 Å². The molecule has 1 aromatic rings. The van der Waals surface area contributed by atoms with Crippen LogP contribution in [0, 0.1) is 5.92 Å². The molecule has 0 fully saturated rings. The third-order valence-corrected chi connectivity index (χ3v) is 3.18. The SMILES string of the molecule is CCC(C)C(=O)c1c(Br)cnn1CCOC. The van der Waals surface area contributed by atoms with Crippen molar-refractivity contribution >= 4 is 21.7 Å². The van der Waals surface area contributed by atoms with E-state index in [9.17, 15) is 4.79 Å². The summed E-state index contributed by atoms with van der Waals surface area (Å²) in [6.07, 6.45) is 2.49. The first-order valence-corrected chi connectivity index (χ1v) is 6.15. The third-order valence-electron chi connectivity index (χ3n) is 2.60. The summed E-state index contributed by atoms with van der Waals surface area (Å²) in [4.78, 5) is 12.1. The van der Waals surface area contributed by atoms with Crippen molar-refractivity contribution in [2.45, 2.75) is 26.8 Å². The highest BCUT2D eigenvalue weighted by Crippen LogP contribution is 2.20. The lowest BCUT2D eigenvalue weighted by Gasteiger charge is -2.10. The van der Waals surface area contributed by atoms with Crippen LogP contribution in [0.4, 0.5) is 0 Å². The zero-order valence-corrected chi connectivity index (χ0v) is 11.5. The Bertz CT molecular complexity index is 363. The van der Waals surface area contributed by atoms with E-state index in [0.29, 0.717) is 18.8 Å². The van der Waals surface area contributed by atoms with E-state index in [0.717, 1.165) is 10.9 Å². The number of halogens is 1. The summed E-state index contributed by atoms with van der Waals surface area (Å²) in [7, 11) is 1.63. The molecule has 0 N–H and O–H groups in total. The molecule has 5 heteroatoms. The van der Waals surface area contributed by atoms with Gasteiger partial charge in [0.05, 0.1) is 23.8 Å². The number of methoxy groups -OCH3 is 1. The molecule has 0 spiro atoms. The lowest BCUT2D eigenvalue weighted by atomic mass is 10.0. The Morgan fingerprint density at radius 3 is 2.94 bits per heavy atom. The first-order valence-electron chi connectivity index (χ1n) is 5.36. The molecule has 0 aromatic carbocycles. The second kappa shape index (κ2) is 6.15. The molecule has 0 saturated heterocycles. The Morgan fingerprint density at radius 1 is 1.69 bits per heavy atom. The summed E-state index contributed by atoms with van der Waals surface area (Å²) < 4.78 is 7.44. The molecule has 0 aliphatic rings. The summed E-state index contributed by atoms with van der Waals surface area (Å²) in [5.74, 6) is 0.150. The lowest BCUT2D eigenvalue weighted by molar-refractivity contribution is 0.0912. The van der Waals surface area contributed by atoms with Crippen molar-refractivity contribution in [1.29, 1.82) is 0 Å². The molecule has 1 atom stereocenters. The minimum Gasteiger partial charge on any atom is -0.383 e. The first-order chi connectivity index (χ1) is 7.61. The number of hydrogen-bond donors (Lipinski definition) is 0. The van der Waals surface area contributed by atoms with Crippen LogP contribution in [0.5, 0.6) is 0 Å². The van der Waals surface area contributed by atoms with Gasteiger partial charge in [-0.1, -0.05) is 13.8 Å². The third kappa shape index (κ3) is 2.92. The maximum atomic E-state index is 12.1. The van der Waals surface area contributed by atoms with Crippen molar-refractivity contribution in [2.75, 3.05) is 13.7 Å². The second-order valence-electron chi connectivity index (χ2n) is 3.73. The van der Waals surface area contributed by atoms with Gasteiger partial charge in [-0.3, -0.25) is 9.48 Å². The van der Waals surface area contributed by atoms with Gasteiger partial charge < -0.3 is 4.74 Å². The van der Waals surface area contributed by atoms with Crippen molar-refractivity contribution in [3.63, 3.8) is 0 Å². The molecule has 0 aliphatic carbocycles. The predicted octanol–water partition coefficient (Wildman–Crippen LogP) is 2.52. The van der Waals surface area contributed by atoms with Gasteiger partial charge in [-0.25, -0.2) is 0 Å². The van der Waals surface area contributed by atoms with E-state index in [1.165, 1.54) is 0 Å². The average Bonchev–Trinajstić information content (AvgIpc) is 2.65. The van der Waals surface area contributed by atoms with Crippen LogP contribution in [0.25, 0.3) is 0 Å². The van der Waals surface area contributed by atoms with E-state index in [4.69, 9.17) is 4.74 Å². The van der Waals surface area contributed by atoms with Crippen LogP contribution in [0.15, 0.2) is 10.7 Å². The standard InChI is InChI=1S/C11H17BrN2O2/c1-4-8(2)11(15)10-9(12)7-13-14(10)5-6-16-3/h7-8H,4-6H2,1-3H3. The van der Waals surface area contributed by atoms with E-state index in [-0.39, 0.29) is 11.7 Å². The number of nitrogens with zero attached hydrogens (tertiary/aromatic N) is 2. The van der Waals surface area contributed by atoms with Crippen molar-refractivity contribution in [3.8, 4) is 0 Å². The molecule has 0 bridgehead atoms. The fourth-order valence-corrected chi connectivity index (χ4v) is 1.87. The zero-order chi connectivity index (χ0) is 12.1. The molecule has 90 valence electrons. The molecule has 1 rings (SSSR count). The molecular weight excluding hydrogens is 272 g/mol. The van der Waals surface area contributed by atoms with Gasteiger partial charge in [-0.2, -0.15) is 5.10 Å². The topological polar surface area (TPSA) is 44.1 Å². The average molecular weight is 289 g/mol. The molecule has 0 radical (unpaired) electrons. The van der Waals surface area contributed by atoms with E-state index in [1.54, 1.807) is 18.0 Å². The lowest BCUT2D eigenvalue weighted by Crippen LogP contribution is -2.18. The largest absolute Gasteiger partial charge is 0.383 e. The van der Waals surface area contributed by atoms with Crippen LogP contribution in [-0.4, -0.2) is 29.3 Å². The fourth-order valence-electron chi connectivity index (χ4n) is 1.37. The smallest absolute Gasteiger partial charge is 0.184 e. The highest BCUT2D eigenvalue weighted by atomic mass is 79.9. The highest BCUT2D eigenvalue weighted by molar-refractivity contribution is 9.10. The first kappa shape index (κ1) is 13.4. The van der Waals surface area contributed by atoms with Gasteiger partial charge in [0.15, 0.2) is 5.78 Å². The number of carbonyl (C=O) groups excluding carboxylic acids is 1. The summed E-state index contributed by atoms with van der Waals surface area (Å²) in [5, 5.41) is 4.16. The number of carbonyl (C=O) groups is 1. The van der Waals surface area contributed by atoms with Crippen LogP contribution >= 0.6 is 15.9 Å². The summed E-state index contributed by atoms with van der Waals surface area (Å²) in [6.45, 7) is 5.09. The number of hydrogen-bond acceptors (Lipinski definition) is 3. The Labute approximate surface area is 104 Å². The molecule has 16 heavy (non-hydrogen) atoms. The summed E-state index contributed by atoms with van der Waals surface area (Å²) in [6, 6.07) is 0. The Kier molecular flexibility index (Phi) is 5.15. The van der Waals surface area contributed by atoms with Gasteiger partial charge in [0, 0.05) is 13.0 Å². The molecular formula is C11H17BrN2O2. The zero-order valence-electron chi connectivity index (χ0n) is 9.86. The quantitative estimate of drug-likeness (QED) is 0.756. The maximum absolute atomic E-state index is 12.1. The van der Waals surface area contributed by atoms with E-state index >= 15 is 0 Å². The van der Waals surface area contributed by atoms with E-state index in [2.05, 4.69) is 21.0 Å². The van der Waals surface area contributed by atoms with Gasteiger partial charge in [0.2, 0.25) is 0 Å². The molecule has 0 amide bonds. The van der Waals surface area contributed by atoms with Crippen LogP contribution in [0.1, 0.15) is 30.8 Å². The van der Waals surface area contributed by atoms with Crippen molar-refractivity contribution < 1.29 is 9.53 Å². The van der Waals surface area contributed by atoms with Gasteiger partial charge in [-0.15, -0.1) is 0 Å². The van der Waals surface area contributed by atoms with Gasteiger partial charge in [0.25, 0.3) is 0 Å². The normalized spacial score (nSPS) is 12.8. The monoisotopic (exact) mass is 288 g/mol. The minimum atomic E-state index is 0.0225. The molecule has 0 saturated carbocycles. The number of ketones is 1. The van der Waals surface area contributed by atoms with Crippen molar-refractivity contribution in [1.82, 2.24) is 9.78 Å². The number of ether oxygens (including phenoxy) is 1. The second-order valence-corrected chi connectivity index (χ2v) is 4.58. The Balaban J connectivity index is 2.92. The number of aromatic nitrogens is 2. The highest BCUT2D eigenvalue weighted by Gasteiger charge is 2.21. The maximum Gasteiger partial charge on any atom is 0.184 e. The van der Waals surface area contributed by atoms with E-state index in [1.807, 2.05) is 13.8 Å². The molecule has 4 nitrogen and oxygen atoms in total. The Hall–Kier alpha value is -0.680.